The van der Waals surface area contributed by atoms with Crippen LogP contribution in [0.25, 0.3) is 15.9 Å². The molecule has 3 heterocycles. The Bertz CT molecular complexity index is 1120. The molecule has 8 heteroatoms. The number of anilines is 1. The van der Waals surface area contributed by atoms with Crippen LogP contribution in [0.1, 0.15) is 11.3 Å². The van der Waals surface area contributed by atoms with Gasteiger partial charge in [-0.3, -0.25) is 0 Å². The first-order valence-electron chi connectivity index (χ1n) is 8.67. The summed E-state index contributed by atoms with van der Waals surface area (Å²) < 4.78 is 2.51. The second kappa shape index (κ2) is 6.85. The molecular weight excluding hydrogens is 360 g/mol. The van der Waals surface area contributed by atoms with Crippen molar-refractivity contribution in [3.05, 3.63) is 57.9 Å². The summed E-state index contributed by atoms with van der Waals surface area (Å²) in [5, 5.41) is 2.94. The number of nitrogens with one attached hydrogen (secondary N) is 2. The van der Waals surface area contributed by atoms with Gasteiger partial charge in [0, 0.05) is 31.0 Å². The highest BCUT2D eigenvalue weighted by Crippen LogP contribution is 2.33. The van der Waals surface area contributed by atoms with Crippen LogP contribution in [0.15, 0.2) is 30.6 Å². The summed E-state index contributed by atoms with van der Waals surface area (Å²) >= 11 is 5.38. The molecule has 4 rings (SSSR count). The first-order valence-corrected chi connectivity index (χ1v) is 9.08. The number of hydrogen-bond donors (Lipinski definition) is 2. The van der Waals surface area contributed by atoms with Gasteiger partial charge in [-0.05, 0) is 25.5 Å². The molecule has 136 valence electrons. The van der Waals surface area contributed by atoms with E-state index in [1.807, 2.05) is 35.8 Å². The lowest BCUT2D eigenvalue weighted by molar-refractivity contribution is 0.213. The zero-order chi connectivity index (χ0) is 19.0. The van der Waals surface area contributed by atoms with Gasteiger partial charge in [-0.25, -0.2) is 14.6 Å². The van der Waals surface area contributed by atoms with Crippen molar-refractivity contribution < 1.29 is 4.79 Å². The quantitative estimate of drug-likeness (QED) is 0.496. The zero-order valence-electron chi connectivity index (χ0n) is 14.8. The fourth-order valence-electron chi connectivity index (χ4n) is 3.47. The molecule has 0 fully saturated rings. The summed E-state index contributed by atoms with van der Waals surface area (Å²) in [4.78, 5) is 25.4. The number of amides is 2. The second-order valence-electron chi connectivity index (χ2n) is 6.52. The number of carbonyl (C=O) groups excluding carboxylic acids is 1. The van der Waals surface area contributed by atoms with Crippen molar-refractivity contribution in [3.63, 3.8) is 0 Å². The number of H-pyrrole nitrogens is 1. The Morgan fingerprint density at radius 3 is 2.81 bits per heavy atom. The summed E-state index contributed by atoms with van der Waals surface area (Å²) in [6.07, 6.45) is 2.12. The van der Waals surface area contributed by atoms with Crippen molar-refractivity contribution >= 4 is 40.7 Å². The fraction of sp³-hybridized carbons (Fsp3) is 0.263. The highest BCUT2D eigenvalue weighted by Gasteiger charge is 2.25. The highest BCUT2D eigenvalue weighted by molar-refractivity contribution is 7.71. The Kier molecular flexibility index (Phi) is 4.38. The molecule has 1 aromatic carbocycles. The van der Waals surface area contributed by atoms with Gasteiger partial charge in [0.05, 0.1) is 23.9 Å². The SMILES string of the molecule is [C-]#[N+]c1c2n(c3c(=S)nc[nH]c13)CCN(C(=O)Nc1ccc(C)cc1)CC2. The molecular formula is C19H18N6OS. The number of urea groups is 1. The fourth-order valence-corrected chi connectivity index (χ4v) is 3.73. The number of rotatable bonds is 1. The number of nitrogens with zero attached hydrogens (tertiary/aromatic N) is 4. The Morgan fingerprint density at radius 2 is 2.07 bits per heavy atom. The summed E-state index contributed by atoms with van der Waals surface area (Å²) in [6.45, 7) is 11.2. The van der Waals surface area contributed by atoms with Crippen LogP contribution < -0.4 is 5.32 Å². The molecule has 27 heavy (non-hydrogen) atoms. The molecule has 0 saturated carbocycles. The molecule has 7 nitrogen and oxygen atoms in total. The van der Waals surface area contributed by atoms with Gasteiger partial charge in [-0.2, -0.15) is 0 Å². The highest BCUT2D eigenvalue weighted by atomic mass is 32.1. The van der Waals surface area contributed by atoms with Gasteiger partial charge in [0.25, 0.3) is 0 Å². The third kappa shape index (κ3) is 3.06. The van der Waals surface area contributed by atoms with Gasteiger partial charge in [0.1, 0.15) is 0 Å². The van der Waals surface area contributed by atoms with E-state index in [9.17, 15) is 4.79 Å². The van der Waals surface area contributed by atoms with Crippen LogP contribution in [0.2, 0.25) is 0 Å². The number of hydrogen-bond acceptors (Lipinski definition) is 3. The third-order valence-corrected chi connectivity index (χ3v) is 5.15. The Labute approximate surface area is 161 Å². The van der Waals surface area contributed by atoms with Gasteiger partial charge >= 0.3 is 6.03 Å². The predicted molar refractivity (Wildman–Crippen MR) is 107 cm³/mol. The van der Waals surface area contributed by atoms with Gasteiger partial charge < -0.3 is 19.8 Å². The van der Waals surface area contributed by atoms with Crippen molar-refractivity contribution in [2.75, 3.05) is 18.4 Å². The standard InChI is InChI=1S/C19H18N6OS/c1-12-3-5-13(6-4-12)23-19(26)24-8-7-14-15(20-2)16-17(25(14)10-9-24)18(27)22-11-21-16/h3-6,11H,7-10H2,1H3,(H,23,26)(H,21,22,27). The van der Waals surface area contributed by atoms with Gasteiger partial charge in [0.15, 0.2) is 4.64 Å². The molecule has 0 spiro atoms. The van der Waals surface area contributed by atoms with Crippen molar-refractivity contribution in [2.24, 2.45) is 0 Å². The molecule has 1 aliphatic heterocycles. The van der Waals surface area contributed by atoms with Crippen LogP contribution in [-0.4, -0.2) is 38.6 Å². The van der Waals surface area contributed by atoms with Crippen molar-refractivity contribution in [1.82, 2.24) is 19.4 Å². The third-order valence-electron chi connectivity index (χ3n) is 4.85. The zero-order valence-corrected chi connectivity index (χ0v) is 15.6. The summed E-state index contributed by atoms with van der Waals surface area (Å²) in [5.74, 6) is 0. The number of carbonyl (C=O) groups is 1. The summed E-state index contributed by atoms with van der Waals surface area (Å²) in [6, 6.07) is 7.58. The minimum atomic E-state index is -0.137. The number of benzene rings is 1. The van der Waals surface area contributed by atoms with E-state index < -0.39 is 0 Å². The van der Waals surface area contributed by atoms with Gasteiger partial charge in [-0.15, -0.1) is 0 Å². The van der Waals surface area contributed by atoms with Crippen LogP contribution in [0.5, 0.6) is 0 Å². The van der Waals surface area contributed by atoms with Crippen molar-refractivity contribution in [2.45, 2.75) is 19.9 Å². The van der Waals surface area contributed by atoms with Crippen molar-refractivity contribution in [1.29, 1.82) is 0 Å². The minimum Gasteiger partial charge on any atom is -0.354 e. The lowest BCUT2D eigenvalue weighted by Crippen LogP contribution is -2.37. The molecule has 2 amide bonds. The summed E-state index contributed by atoms with van der Waals surface area (Å²) in [5.41, 5.74) is 4.89. The number of aromatic amines is 1. The average molecular weight is 378 g/mol. The smallest absolute Gasteiger partial charge is 0.321 e. The lowest BCUT2D eigenvalue weighted by Gasteiger charge is -2.21. The number of fused-ring (bicyclic) bond motifs is 3. The maximum atomic E-state index is 12.7. The molecule has 0 unspecified atom stereocenters. The van der Waals surface area contributed by atoms with E-state index in [2.05, 4.69) is 20.1 Å². The first kappa shape index (κ1) is 17.2. The van der Waals surface area contributed by atoms with Crippen LogP contribution >= 0.6 is 12.2 Å². The molecule has 0 radical (unpaired) electrons. The second-order valence-corrected chi connectivity index (χ2v) is 6.91. The van der Waals surface area contributed by atoms with Crippen LogP contribution in [0.3, 0.4) is 0 Å². The Balaban J connectivity index is 1.60. The van der Waals surface area contributed by atoms with E-state index in [1.54, 1.807) is 4.90 Å². The topological polar surface area (TPSA) is 70.3 Å². The van der Waals surface area contributed by atoms with E-state index in [1.165, 1.54) is 6.33 Å². The van der Waals surface area contributed by atoms with E-state index in [4.69, 9.17) is 18.8 Å². The largest absolute Gasteiger partial charge is 0.354 e. The van der Waals surface area contributed by atoms with E-state index in [-0.39, 0.29) is 6.03 Å². The van der Waals surface area contributed by atoms with Gasteiger partial charge in [0.2, 0.25) is 5.69 Å². The maximum Gasteiger partial charge on any atom is 0.321 e. The van der Waals surface area contributed by atoms with Crippen LogP contribution in [0, 0.1) is 18.1 Å². The molecule has 2 N–H and O–H groups in total. The molecule has 0 saturated heterocycles. The van der Waals surface area contributed by atoms with E-state index >= 15 is 0 Å². The van der Waals surface area contributed by atoms with E-state index in [0.717, 1.165) is 28.0 Å². The van der Waals surface area contributed by atoms with Gasteiger partial charge in [-0.1, -0.05) is 29.9 Å². The normalized spacial score (nSPS) is 13.7. The number of aryl methyl sites for hydroxylation is 1. The Hall–Kier alpha value is -3.18. The van der Waals surface area contributed by atoms with Crippen LogP contribution in [-0.2, 0) is 13.0 Å². The maximum absolute atomic E-state index is 12.7. The first-order chi connectivity index (χ1) is 13.1. The lowest BCUT2D eigenvalue weighted by atomic mass is 10.2. The molecule has 2 aromatic heterocycles. The minimum absolute atomic E-state index is 0.137. The molecule has 1 aliphatic rings. The van der Waals surface area contributed by atoms with Crippen LogP contribution in [0.4, 0.5) is 16.2 Å². The average Bonchev–Trinajstić information content (AvgIpc) is 2.81. The summed E-state index contributed by atoms with van der Waals surface area (Å²) in [7, 11) is 0. The molecule has 0 atom stereocenters. The number of aromatic nitrogens is 3. The molecule has 0 bridgehead atoms. The van der Waals surface area contributed by atoms with Crippen molar-refractivity contribution in [3.8, 4) is 0 Å². The monoisotopic (exact) mass is 378 g/mol. The molecule has 3 aromatic rings. The predicted octanol–water partition coefficient (Wildman–Crippen LogP) is 4.04. The Morgan fingerprint density at radius 1 is 1.30 bits per heavy atom. The molecule has 0 aliphatic carbocycles. The van der Waals surface area contributed by atoms with E-state index in [0.29, 0.717) is 36.4 Å².